The predicted molar refractivity (Wildman–Crippen MR) is 58.1 cm³/mol. The highest BCUT2D eigenvalue weighted by molar-refractivity contribution is 8.14. The maximum Gasteiger partial charge on any atom is 0.340 e. The van der Waals surface area contributed by atoms with Gasteiger partial charge in [0.15, 0.2) is 0 Å². The Morgan fingerprint density at radius 2 is 1.67 bits per heavy atom. The molecule has 90 valence electrons. The van der Waals surface area contributed by atoms with Crippen LogP contribution < -0.4 is 0 Å². The summed E-state index contributed by atoms with van der Waals surface area (Å²) < 4.78 is 26.2. The molecule has 5 heteroatoms. The number of carbonyl (C=O) groups is 1. The van der Waals surface area contributed by atoms with Gasteiger partial charge >= 0.3 is 5.92 Å². The summed E-state index contributed by atoms with van der Waals surface area (Å²) in [5, 5.41) is 7.97. The SMILES string of the molecule is CC(C)C(O)C(F)(F)C(=O)SC(C)(C)C. The zero-order valence-corrected chi connectivity index (χ0v) is 10.5. The van der Waals surface area contributed by atoms with Gasteiger partial charge in [-0.15, -0.1) is 0 Å². The minimum atomic E-state index is -3.67. The highest BCUT2D eigenvalue weighted by Crippen LogP contribution is 2.35. The molecule has 0 aromatic carbocycles. The fourth-order valence-electron chi connectivity index (χ4n) is 0.886. The molecule has 0 heterocycles. The first-order chi connectivity index (χ1) is 6.48. The van der Waals surface area contributed by atoms with Crippen LogP contribution in [-0.4, -0.2) is 27.0 Å². The van der Waals surface area contributed by atoms with Crippen LogP contribution >= 0.6 is 11.8 Å². The number of halogens is 2. The van der Waals surface area contributed by atoms with Gasteiger partial charge in [0.1, 0.15) is 6.10 Å². The number of aliphatic hydroxyl groups is 1. The molecule has 0 aliphatic carbocycles. The van der Waals surface area contributed by atoms with E-state index >= 15 is 0 Å². The lowest BCUT2D eigenvalue weighted by atomic mass is 10.0. The van der Waals surface area contributed by atoms with E-state index < -0.39 is 27.8 Å². The van der Waals surface area contributed by atoms with Crippen LogP contribution in [0.1, 0.15) is 34.6 Å². The molecule has 0 aromatic heterocycles. The van der Waals surface area contributed by atoms with Crippen LogP contribution in [0.2, 0.25) is 0 Å². The van der Waals surface area contributed by atoms with Crippen LogP contribution in [-0.2, 0) is 4.79 Å². The predicted octanol–water partition coefficient (Wildman–Crippen LogP) is 2.70. The van der Waals surface area contributed by atoms with Gasteiger partial charge < -0.3 is 5.11 Å². The Labute approximate surface area is 93.4 Å². The van der Waals surface area contributed by atoms with E-state index in [1.807, 2.05) is 0 Å². The molecule has 0 radical (unpaired) electrons. The lowest BCUT2D eigenvalue weighted by molar-refractivity contribution is -0.156. The number of rotatable bonds is 3. The summed E-state index contributed by atoms with van der Waals surface area (Å²) in [7, 11) is 0. The third-order valence-corrected chi connectivity index (χ3v) is 2.74. The third kappa shape index (κ3) is 4.47. The molecule has 0 amide bonds. The van der Waals surface area contributed by atoms with E-state index in [1.165, 1.54) is 13.8 Å². The van der Waals surface area contributed by atoms with E-state index in [-0.39, 0.29) is 0 Å². The lowest BCUT2D eigenvalue weighted by Gasteiger charge is -2.26. The summed E-state index contributed by atoms with van der Waals surface area (Å²) in [6.07, 6.45) is -1.92. The number of thioether (sulfide) groups is 1. The Hall–Kier alpha value is -0.160. The average molecular weight is 240 g/mol. The molecule has 2 nitrogen and oxygen atoms in total. The Balaban J connectivity index is 4.66. The summed E-state index contributed by atoms with van der Waals surface area (Å²) in [6, 6.07) is 0. The third-order valence-electron chi connectivity index (χ3n) is 1.67. The summed E-state index contributed by atoms with van der Waals surface area (Å²) in [4.78, 5) is 11.3. The van der Waals surface area contributed by atoms with Crippen LogP contribution in [0, 0.1) is 5.92 Å². The monoisotopic (exact) mass is 240 g/mol. The Morgan fingerprint density at radius 1 is 1.27 bits per heavy atom. The van der Waals surface area contributed by atoms with Crippen molar-refractivity contribution in [2.45, 2.75) is 51.4 Å². The molecule has 0 rings (SSSR count). The smallest absolute Gasteiger partial charge is 0.340 e. The topological polar surface area (TPSA) is 37.3 Å². The molecule has 1 unspecified atom stereocenters. The van der Waals surface area contributed by atoms with Gasteiger partial charge in [-0.25, -0.2) is 0 Å². The standard InChI is InChI=1S/C10H18F2O2S/c1-6(2)7(13)10(11,12)8(14)15-9(3,4)5/h6-7,13H,1-5H3. The van der Waals surface area contributed by atoms with Crippen molar-refractivity contribution in [2.24, 2.45) is 5.92 Å². The van der Waals surface area contributed by atoms with Crippen LogP contribution in [0.15, 0.2) is 0 Å². The first-order valence-corrected chi connectivity index (χ1v) is 5.59. The van der Waals surface area contributed by atoms with Crippen LogP contribution in [0.5, 0.6) is 0 Å². The Morgan fingerprint density at radius 3 is 1.93 bits per heavy atom. The average Bonchev–Trinajstić information content (AvgIpc) is 1.99. The number of alkyl halides is 2. The Bertz CT molecular complexity index is 234. The van der Waals surface area contributed by atoms with E-state index in [0.29, 0.717) is 11.8 Å². The molecule has 1 atom stereocenters. The second-order valence-electron chi connectivity index (χ2n) is 4.81. The van der Waals surface area contributed by atoms with Crippen molar-refractivity contribution in [2.75, 3.05) is 0 Å². The molecule has 1 N–H and O–H groups in total. The van der Waals surface area contributed by atoms with Crippen LogP contribution in [0.3, 0.4) is 0 Å². The molecule has 0 bridgehead atoms. The van der Waals surface area contributed by atoms with Crippen LogP contribution in [0.4, 0.5) is 8.78 Å². The van der Waals surface area contributed by atoms with Crippen molar-refractivity contribution < 1.29 is 18.7 Å². The second kappa shape index (κ2) is 4.78. The van der Waals surface area contributed by atoms with Gasteiger partial charge in [0.2, 0.25) is 0 Å². The zero-order chi connectivity index (χ0) is 12.4. The lowest BCUT2D eigenvalue weighted by Crippen LogP contribution is -2.44. The molecule has 15 heavy (non-hydrogen) atoms. The Kier molecular flexibility index (Phi) is 4.73. The minimum Gasteiger partial charge on any atom is -0.386 e. The van der Waals surface area contributed by atoms with Gasteiger partial charge in [-0.05, 0) is 5.92 Å². The van der Waals surface area contributed by atoms with Crippen molar-refractivity contribution in [1.29, 1.82) is 0 Å². The van der Waals surface area contributed by atoms with E-state index in [0.717, 1.165) is 0 Å². The van der Waals surface area contributed by atoms with Gasteiger partial charge in [0.25, 0.3) is 5.12 Å². The molecular weight excluding hydrogens is 222 g/mol. The normalized spacial score (nSPS) is 15.5. The number of aliphatic hydroxyl groups excluding tert-OH is 1. The van der Waals surface area contributed by atoms with Gasteiger partial charge in [0, 0.05) is 4.75 Å². The van der Waals surface area contributed by atoms with Crippen molar-refractivity contribution in [1.82, 2.24) is 0 Å². The minimum absolute atomic E-state index is 0.561. The quantitative estimate of drug-likeness (QED) is 0.824. The maximum absolute atomic E-state index is 13.4. The maximum atomic E-state index is 13.4. The molecule has 0 saturated carbocycles. The second-order valence-corrected chi connectivity index (χ2v) is 6.61. The molecular formula is C10H18F2O2S. The van der Waals surface area contributed by atoms with Gasteiger partial charge in [-0.1, -0.05) is 46.4 Å². The largest absolute Gasteiger partial charge is 0.386 e. The van der Waals surface area contributed by atoms with E-state index in [1.54, 1.807) is 20.8 Å². The highest BCUT2D eigenvalue weighted by atomic mass is 32.2. The molecule has 0 spiro atoms. The fraction of sp³-hybridized carbons (Fsp3) is 0.900. The van der Waals surface area contributed by atoms with Crippen molar-refractivity contribution >= 4 is 16.9 Å². The molecule has 0 aliphatic heterocycles. The van der Waals surface area contributed by atoms with Crippen LogP contribution in [0.25, 0.3) is 0 Å². The molecule has 0 aliphatic rings. The number of carbonyl (C=O) groups excluding carboxylic acids is 1. The van der Waals surface area contributed by atoms with E-state index in [2.05, 4.69) is 0 Å². The highest BCUT2D eigenvalue weighted by Gasteiger charge is 2.48. The first kappa shape index (κ1) is 14.8. The summed E-state index contributed by atoms with van der Waals surface area (Å²) in [5.74, 6) is -4.32. The summed E-state index contributed by atoms with van der Waals surface area (Å²) in [5.41, 5.74) is 0. The van der Waals surface area contributed by atoms with Gasteiger partial charge in [-0.3, -0.25) is 4.79 Å². The molecule has 0 aromatic rings. The summed E-state index contributed by atoms with van der Waals surface area (Å²) in [6.45, 7) is 7.93. The van der Waals surface area contributed by atoms with E-state index in [4.69, 9.17) is 0 Å². The number of hydrogen-bond donors (Lipinski definition) is 1. The summed E-state index contributed by atoms with van der Waals surface area (Å²) >= 11 is 0.561. The van der Waals surface area contributed by atoms with E-state index in [9.17, 15) is 18.7 Å². The first-order valence-electron chi connectivity index (χ1n) is 4.78. The van der Waals surface area contributed by atoms with Gasteiger partial charge in [0.05, 0.1) is 0 Å². The van der Waals surface area contributed by atoms with Gasteiger partial charge in [-0.2, -0.15) is 8.78 Å². The van der Waals surface area contributed by atoms with Crippen molar-refractivity contribution in [3.05, 3.63) is 0 Å². The number of hydrogen-bond acceptors (Lipinski definition) is 3. The van der Waals surface area contributed by atoms with Crippen molar-refractivity contribution in [3.63, 3.8) is 0 Å². The van der Waals surface area contributed by atoms with Crippen molar-refractivity contribution in [3.8, 4) is 0 Å². The molecule has 0 saturated heterocycles. The molecule has 0 fully saturated rings. The fourth-order valence-corrected chi connectivity index (χ4v) is 1.70. The zero-order valence-electron chi connectivity index (χ0n) is 9.67.